The summed E-state index contributed by atoms with van der Waals surface area (Å²) in [6.45, 7) is 1.29. The highest BCUT2D eigenvalue weighted by Gasteiger charge is 2.26. The van der Waals surface area contributed by atoms with Gasteiger partial charge in [0, 0.05) is 13.1 Å². The van der Waals surface area contributed by atoms with E-state index in [0.29, 0.717) is 4.31 Å². The molecule has 2 heterocycles. The fourth-order valence-corrected chi connectivity index (χ4v) is 3.22. The lowest BCUT2D eigenvalue weighted by Gasteiger charge is -2.18. The Bertz CT molecular complexity index is 1200. The third-order valence-corrected chi connectivity index (χ3v) is 4.63. The number of amides is 2. The van der Waals surface area contributed by atoms with Gasteiger partial charge in [-0.1, -0.05) is 6.07 Å². The van der Waals surface area contributed by atoms with E-state index in [0.717, 1.165) is 12.1 Å². The van der Waals surface area contributed by atoms with E-state index in [1.807, 2.05) is 0 Å². The van der Waals surface area contributed by atoms with Crippen LogP contribution in [0.25, 0.3) is 0 Å². The summed E-state index contributed by atoms with van der Waals surface area (Å²) in [5, 5.41) is 4.71. The molecule has 0 radical (unpaired) electrons. The van der Waals surface area contributed by atoms with Crippen LogP contribution in [0.5, 0.6) is 0 Å². The predicted molar refractivity (Wildman–Crippen MR) is 110 cm³/mol. The number of carbonyl (C=O) groups is 2. The van der Waals surface area contributed by atoms with Crippen LogP contribution < -0.4 is 14.9 Å². The van der Waals surface area contributed by atoms with Gasteiger partial charge in [0.2, 0.25) is 16.8 Å². The van der Waals surface area contributed by atoms with Crippen molar-refractivity contribution in [2.45, 2.75) is 6.92 Å². The zero-order chi connectivity index (χ0) is 22.5. The van der Waals surface area contributed by atoms with Gasteiger partial charge in [0.15, 0.2) is 5.82 Å². The van der Waals surface area contributed by atoms with Crippen LogP contribution in [0.2, 0.25) is 0 Å². The third-order valence-electron chi connectivity index (χ3n) is 3.88. The first-order valence-electron chi connectivity index (χ1n) is 8.66. The normalized spacial score (nSPS) is 10.6. The maximum absolute atomic E-state index is 15.1. The topological polar surface area (TPSA) is 121 Å². The first kappa shape index (κ1) is 21.8. The fraction of sp³-hybridized carbons (Fsp3) is 0.0526. The molecule has 2 amide bonds. The number of hydrogen-bond donors (Lipinski definition) is 3. The summed E-state index contributed by atoms with van der Waals surface area (Å²) in [5.74, 6) is -4.00. The zero-order valence-electron chi connectivity index (χ0n) is 15.9. The summed E-state index contributed by atoms with van der Waals surface area (Å²) in [4.78, 5) is 31.3. The van der Waals surface area contributed by atoms with Gasteiger partial charge >= 0.3 is 0 Å². The average molecular weight is 447 g/mol. The minimum Gasteiger partial charge on any atom is -0.320 e. The van der Waals surface area contributed by atoms with Crippen molar-refractivity contribution in [2.24, 2.45) is 0 Å². The molecule has 0 atom stereocenters. The van der Waals surface area contributed by atoms with Gasteiger partial charge in [-0.3, -0.25) is 9.59 Å². The molecule has 160 valence electrons. The number of anilines is 4. The van der Waals surface area contributed by atoms with Gasteiger partial charge in [0.25, 0.3) is 5.91 Å². The largest absolute Gasteiger partial charge is 0.320 e. The van der Waals surface area contributed by atoms with Crippen molar-refractivity contribution in [3.05, 3.63) is 72.1 Å². The molecule has 12 heteroatoms. The number of benzene rings is 1. The monoisotopic (exact) mass is 447 g/mol. The van der Waals surface area contributed by atoms with Gasteiger partial charge in [0.1, 0.15) is 23.0 Å². The van der Waals surface area contributed by atoms with Crippen molar-refractivity contribution in [3.63, 3.8) is 0 Å². The molecule has 3 aromatic rings. The van der Waals surface area contributed by atoms with Crippen LogP contribution in [0.4, 0.5) is 31.8 Å². The first-order valence-corrected chi connectivity index (χ1v) is 9.79. The Morgan fingerprint density at radius 2 is 1.77 bits per heavy atom. The molecule has 0 saturated carbocycles. The van der Waals surface area contributed by atoms with Gasteiger partial charge in [-0.2, -0.15) is 0 Å². The SMILES string of the molecule is CC(=O)Nc1ccc(NC(=O)c2c(F)ccc(N(c3ccccn3)[SH](=O)=O)c2F)cn1. The van der Waals surface area contributed by atoms with Gasteiger partial charge in [-0.05, 0) is 36.4 Å². The van der Waals surface area contributed by atoms with Crippen LogP contribution in [-0.4, -0.2) is 30.2 Å². The van der Waals surface area contributed by atoms with E-state index in [1.54, 1.807) is 0 Å². The number of pyridine rings is 2. The second-order valence-electron chi connectivity index (χ2n) is 6.06. The number of nitrogens with one attached hydrogen (secondary N) is 2. The Morgan fingerprint density at radius 1 is 1.00 bits per heavy atom. The quantitative estimate of drug-likeness (QED) is 0.500. The van der Waals surface area contributed by atoms with Crippen LogP contribution in [-0.2, 0) is 15.7 Å². The Morgan fingerprint density at radius 3 is 2.35 bits per heavy atom. The van der Waals surface area contributed by atoms with Crippen molar-refractivity contribution in [2.75, 3.05) is 14.9 Å². The van der Waals surface area contributed by atoms with Crippen LogP contribution in [0, 0.1) is 11.6 Å². The number of nitrogens with zero attached hydrogens (tertiary/aromatic N) is 3. The van der Waals surface area contributed by atoms with Crippen LogP contribution in [0.3, 0.4) is 0 Å². The second kappa shape index (κ2) is 9.26. The van der Waals surface area contributed by atoms with E-state index in [2.05, 4.69) is 20.6 Å². The van der Waals surface area contributed by atoms with Gasteiger partial charge in [0.05, 0.1) is 17.6 Å². The molecule has 0 saturated heterocycles. The lowest BCUT2D eigenvalue weighted by Crippen LogP contribution is -2.21. The molecule has 0 unspecified atom stereocenters. The van der Waals surface area contributed by atoms with Crippen LogP contribution in [0.15, 0.2) is 54.9 Å². The average Bonchev–Trinajstić information content (AvgIpc) is 2.71. The number of thiol groups is 1. The summed E-state index contributed by atoms with van der Waals surface area (Å²) >= 11 is 0. The highest BCUT2D eigenvalue weighted by atomic mass is 32.2. The van der Waals surface area contributed by atoms with Crippen molar-refractivity contribution in [1.82, 2.24) is 9.97 Å². The molecular weight excluding hydrogens is 432 g/mol. The molecule has 0 aliphatic rings. The van der Waals surface area contributed by atoms with E-state index < -0.39 is 39.7 Å². The molecule has 0 aliphatic carbocycles. The summed E-state index contributed by atoms with van der Waals surface area (Å²) in [7, 11) is -3.40. The molecule has 2 N–H and O–H groups in total. The predicted octanol–water partition coefficient (Wildman–Crippen LogP) is 2.63. The highest BCUT2D eigenvalue weighted by molar-refractivity contribution is 7.74. The molecule has 0 bridgehead atoms. The summed E-state index contributed by atoms with van der Waals surface area (Å²) < 4.78 is 53.4. The Hall–Kier alpha value is -3.93. The van der Waals surface area contributed by atoms with Crippen molar-refractivity contribution in [3.8, 4) is 0 Å². The third kappa shape index (κ3) is 4.98. The molecule has 3 rings (SSSR count). The second-order valence-corrected chi connectivity index (χ2v) is 6.94. The lowest BCUT2D eigenvalue weighted by molar-refractivity contribution is -0.114. The van der Waals surface area contributed by atoms with Crippen molar-refractivity contribution in [1.29, 1.82) is 0 Å². The Balaban J connectivity index is 1.94. The molecule has 0 spiro atoms. The number of rotatable bonds is 6. The van der Waals surface area contributed by atoms with Gasteiger partial charge in [-0.15, -0.1) is 0 Å². The maximum Gasteiger partial charge on any atom is 0.261 e. The first-order chi connectivity index (χ1) is 14.8. The lowest BCUT2D eigenvalue weighted by atomic mass is 10.1. The van der Waals surface area contributed by atoms with Crippen molar-refractivity contribution < 1.29 is 26.8 Å². The number of carbonyl (C=O) groups excluding carboxylic acids is 2. The van der Waals surface area contributed by atoms with Crippen LogP contribution >= 0.6 is 0 Å². The molecular formula is C19H15F2N5O4S. The van der Waals surface area contributed by atoms with E-state index >= 15 is 4.39 Å². The fourth-order valence-electron chi connectivity index (χ4n) is 2.60. The smallest absolute Gasteiger partial charge is 0.261 e. The number of halogens is 2. The number of aromatic nitrogens is 2. The summed E-state index contributed by atoms with van der Waals surface area (Å²) in [6.07, 6.45) is 2.48. The summed E-state index contributed by atoms with van der Waals surface area (Å²) in [5.41, 5.74) is -1.46. The highest BCUT2D eigenvalue weighted by Crippen LogP contribution is 2.30. The molecule has 0 aliphatic heterocycles. The standard InChI is InChI=1S/C19H15F2N5O4S/c1-11(27)24-15-8-5-12(10-23-15)25-19(28)17-13(20)6-7-14(18(17)21)26(31(29)30)16-4-2-3-9-22-16/h2-10,31H,1H3,(H,25,28)(H,23,24,27). The zero-order valence-corrected chi connectivity index (χ0v) is 16.8. The molecule has 0 fully saturated rings. The van der Waals surface area contributed by atoms with E-state index in [4.69, 9.17) is 0 Å². The van der Waals surface area contributed by atoms with Crippen molar-refractivity contribution >= 4 is 45.7 Å². The summed E-state index contributed by atoms with van der Waals surface area (Å²) in [6, 6.07) is 8.75. The Labute approximate surface area is 176 Å². The number of hydrogen-bond acceptors (Lipinski definition) is 6. The maximum atomic E-state index is 15.1. The van der Waals surface area contributed by atoms with Gasteiger partial charge < -0.3 is 10.6 Å². The molecule has 31 heavy (non-hydrogen) atoms. The van der Waals surface area contributed by atoms with E-state index in [9.17, 15) is 22.4 Å². The molecule has 1 aromatic carbocycles. The van der Waals surface area contributed by atoms with Crippen LogP contribution in [0.1, 0.15) is 17.3 Å². The Kier molecular flexibility index (Phi) is 6.50. The minimum atomic E-state index is -3.40. The van der Waals surface area contributed by atoms with E-state index in [1.165, 1.54) is 49.6 Å². The van der Waals surface area contributed by atoms with Gasteiger partial charge in [-0.25, -0.2) is 31.5 Å². The minimum absolute atomic E-state index is 0.0970. The molecule has 2 aromatic heterocycles. The van der Waals surface area contributed by atoms with E-state index in [-0.39, 0.29) is 23.2 Å². The molecule has 9 nitrogen and oxygen atoms in total.